The number of hydrogen-bond acceptors (Lipinski definition) is 1. The molecule has 0 saturated heterocycles. The van der Waals surface area contributed by atoms with Gasteiger partial charge in [-0.1, -0.05) is 47.5 Å². The van der Waals surface area contributed by atoms with Crippen LogP contribution in [0.4, 0.5) is 0 Å². The van der Waals surface area contributed by atoms with E-state index in [0.717, 1.165) is 17.9 Å². The molecule has 0 amide bonds. The van der Waals surface area contributed by atoms with Crippen molar-refractivity contribution in [3.05, 3.63) is 0 Å². The van der Waals surface area contributed by atoms with Gasteiger partial charge in [-0.15, -0.1) is 0 Å². The Hall–Kier alpha value is -0.0400. The zero-order chi connectivity index (χ0) is 11.7. The van der Waals surface area contributed by atoms with Crippen molar-refractivity contribution in [3.8, 4) is 0 Å². The molecule has 1 N–H and O–H groups in total. The highest BCUT2D eigenvalue weighted by atomic mass is 14.9. The van der Waals surface area contributed by atoms with E-state index in [9.17, 15) is 0 Å². The zero-order valence-electron chi connectivity index (χ0n) is 11.5. The highest BCUT2D eigenvalue weighted by molar-refractivity contribution is 4.68. The summed E-state index contributed by atoms with van der Waals surface area (Å²) in [6.45, 7) is 12.7. The van der Waals surface area contributed by atoms with Gasteiger partial charge >= 0.3 is 0 Å². The molecule has 1 heteroatoms. The molecule has 0 aliphatic heterocycles. The second-order valence-corrected chi connectivity index (χ2v) is 5.38. The summed E-state index contributed by atoms with van der Waals surface area (Å²) in [5.74, 6) is 1.66. The van der Waals surface area contributed by atoms with Crippen LogP contribution < -0.4 is 5.32 Å². The van der Waals surface area contributed by atoms with Crippen molar-refractivity contribution < 1.29 is 0 Å². The fraction of sp³-hybridized carbons (Fsp3) is 1.00. The van der Waals surface area contributed by atoms with Gasteiger partial charge in [0.05, 0.1) is 0 Å². The van der Waals surface area contributed by atoms with E-state index >= 15 is 0 Å². The van der Waals surface area contributed by atoms with Crippen molar-refractivity contribution >= 4 is 0 Å². The van der Waals surface area contributed by atoms with Crippen LogP contribution in [-0.4, -0.2) is 12.6 Å². The first-order valence-corrected chi connectivity index (χ1v) is 6.83. The normalized spacial score (nSPS) is 15.6. The predicted octanol–water partition coefficient (Wildman–Crippen LogP) is 4.23. The molecule has 0 rings (SSSR count). The minimum atomic E-state index is 0.756. The molecule has 0 aliphatic carbocycles. The molecule has 0 heterocycles. The fourth-order valence-corrected chi connectivity index (χ4v) is 1.79. The molecule has 0 saturated carbocycles. The molecule has 1 nitrogen and oxygen atoms in total. The second-order valence-electron chi connectivity index (χ2n) is 5.38. The molecule has 0 aromatic carbocycles. The van der Waals surface area contributed by atoms with Crippen molar-refractivity contribution in [2.75, 3.05) is 6.54 Å². The molecule has 2 atom stereocenters. The Morgan fingerprint density at radius 1 is 0.933 bits per heavy atom. The van der Waals surface area contributed by atoms with E-state index in [4.69, 9.17) is 0 Å². The number of nitrogens with one attached hydrogen (secondary N) is 1. The molecule has 15 heavy (non-hydrogen) atoms. The Bertz CT molecular complexity index is 131. The molecule has 92 valence electrons. The Labute approximate surface area is 97.0 Å². The van der Waals surface area contributed by atoms with E-state index in [2.05, 4.69) is 39.9 Å². The molecule has 0 aromatic heterocycles. The lowest BCUT2D eigenvalue weighted by atomic mass is 9.97. The first kappa shape index (κ1) is 15.0. The maximum Gasteiger partial charge on any atom is 0.00671 e. The van der Waals surface area contributed by atoms with Crippen LogP contribution in [0.1, 0.15) is 66.7 Å². The molecule has 0 aromatic rings. The Balaban J connectivity index is 3.72. The highest BCUT2D eigenvalue weighted by Crippen LogP contribution is 2.14. The Kier molecular flexibility index (Phi) is 9.18. The Morgan fingerprint density at radius 2 is 1.60 bits per heavy atom. The van der Waals surface area contributed by atoms with E-state index < -0.39 is 0 Å². The van der Waals surface area contributed by atoms with Crippen LogP contribution in [0.2, 0.25) is 0 Å². The van der Waals surface area contributed by atoms with Crippen LogP contribution in [0.15, 0.2) is 0 Å². The van der Waals surface area contributed by atoms with E-state index in [0.29, 0.717) is 0 Å². The van der Waals surface area contributed by atoms with E-state index in [1.807, 2.05) is 0 Å². The highest BCUT2D eigenvalue weighted by Gasteiger charge is 2.09. The van der Waals surface area contributed by atoms with Gasteiger partial charge in [0.1, 0.15) is 0 Å². The van der Waals surface area contributed by atoms with Crippen molar-refractivity contribution in [2.24, 2.45) is 11.8 Å². The van der Waals surface area contributed by atoms with Crippen molar-refractivity contribution in [2.45, 2.75) is 72.8 Å². The lowest BCUT2D eigenvalue weighted by Gasteiger charge is -2.21. The average molecular weight is 213 g/mol. The third-order valence-electron chi connectivity index (χ3n) is 3.16. The van der Waals surface area contributed by atoms with Crippen LogP contribution >= 0.6 is 0 Å². The Morgan fingerprint density at radius 3 is 2.07 bits per heavy atom. The van der Waals surface area contributed by atoms with Crippen LogP contribution in [-0.2, 0) is 0 Å². The third-order valence-corrected chi connectivity index (χ3v) is 3.16. The summed E-state index contributed by atoms with van der Waals surface area (Å²) >= 11 is 0. The first-order chi connectivity index (χ1) is 7.10. The molecular weight excluding hydrogens is 182 g/mol. The SMILES string of the molecule is CCCC(CCC(C)CC)NCC(C)C. The van der Waals surface area contributed by atoms with Gasteiger partial charge in [-0.3, -0.25) is 0 Å². The van der Waals surface area contributed by atoms with E-state index in [1.54, 1.807) is 0 Å². The van der Waals surface area contributed by atoms with Gasteiger partial charge in [0, 0.05) is 6.04 Å². The molecule has 2 unspecified atom stereocenters. The lowest BCUT2D eigenvalue weighted by molar-refractivity contribution is 0.376. The molecule has 0 bridgehead atoms. The summed E-state index contributed by atoms with van der Waals surface area (Å²) in [7, 11) is 0. The summed E-state index contributed by atoms with van der Waals surface area (Å²) < 4.78 is 0. The lowest BCUT2D eigenvalue weighted by Crippen LogP contribution is -2.32. The summed E-state index contributed by atoms with van der Waals surface area (Å²) in [6, 6.07) is 0.756. The van der Waals surface area contributed by atoms with Crippen LogP contribution in [0.5, 0.6) is 0 Å². The van der Waals surface area contributed by atoms with Crippen LogP contribution in [0, 0.1) is 11.8 Å². The summed E-state index contributed by atoms with van der Waals surface area (Å²) in [5, 5.41) is 3.70. The number of hydrogen-bond donors (Lipinski definition) is 1. The van der Waals surface area contributed by atoms with Gasteiger partial charge in [-0.2, -0.15) is 0 Å². The minimum Gasteiger partial charge on any atom is -0.314 e. The molecule has 0 radical (unpaired) electrons. The topological polar surface area (TPSA) is 12.0 Å². The van der Waals surface area contributed by atoms with Gasteiger partial charge < -0.3 is 5.32 Å². The standard InChI is InChI=1S/C14H31N/c1-6-8-14(15-11-12(3)4)10-9-13(5)7-2/h12-15H,6-11H2,1-5H3. The maximum absolute atomic E-state index is 3.70. The van der Waals surface area contributed by atoms with Gasteiger partial charge in [0.15, 0.2) is 0 Å². The fourth-order valence-electron chi connectivity index (χ4n) is 1.79. The minimum absolute atomic E-state index is 0.756. The second kappa shape index (κ2) is 9.21. The number of rotatable bonds is 9. The largest absolute Gasteiger partial charge is 0.314 e. The van der Waals surface area contributed by atoms with Gasteiger partial charge in [0.2, 0.25) is 0 Å². The molecular formula is C14H31N. The quantitative estimate of drug-likeness (QED) is 0.604. The van der Waals surface area contributed by atoms with Crippen molar-refractivity contribution in [3.63, 3.8) is 0 Å². The monoisotopic (exact) mass is 213 g/mol. The smallest absolute Gasteiger partial charge is 0.00671 e. The first-order valence-electron chi connectivity index (χ1n) is 6.83. The summed E-state index contributed by atoms with van der Waals surface area (Å²) in [4.78, 5) is 0. The van der Waals surface area contributed by atoms with Crippen molar-refractivity contribution in [1.29, 1.82) is 0 Å². The third kappa shape index (κ3) is 8.92. The molecule has 0 spiro atoms. The van der Waals surface area contributed by atoms with Gasteiger partial charge in [0.25, 0.3) is 0 Å². The zero-order valence-corrected chi connectivity index (χ0v) is 11.5. The average Bonchev–Trinajstić information content (AvgIpc) is 2.21. The summed E-state index contributed by atoms with van der Waals surface area (Å²) in [5.41, 5.74) is 0. The molecule has 0 fully saturated rings. The summed E-state index contributed by atoms with van der Waals surface area (Å²) in [6.07, 6.45) is 6.70. The van der Waals surface area contributed by atoms with Crippen LogP contribution in [0.25, 0.3) is 0 Å². The van der Waals surface area contributed by atoms with Crippen molar-refractivity contribution in [1.82, 2.24) is 5.32 Å². The van der Waals surface area contributed by atoms with Crippen LogP contribution in [0.3, 0.4) is 0 Å². The maximum atomic E-state index is 3.70. The van der Waals surface area contributed by atoms with E-state index in [1.165, 1.54) is 38.6 Å². The molecule has 0 aliphatic rings. The van der Waals surface area contributed by atoms with Gasteiger partial charge in [-0.05, 0) is 37.6 Å². The van der Waals surface area contributed by atoms with Gasteiger partial charge in [-0.25, -0.2) is 0 Å². The van der Waals surface area contributed by atoms with E-state index in [-0.39, 0.29) is 0 Å². The predicted molar refractivity (Wildman–Crippen MR) is 70.2 cm³/mol.